The Kier molecular flexibility index (Phi) is 7.14. The summed E-state index contributed by atoms with van der Waals surface area (Å²) in [5.41, 5.74) is 1.08. The van der Waals surface area contributed by atoms with Crippen molar-refractivity contribution >= 4 is 50.6 Å². The van der Waals surface area contributed by atoms with Gasteiger partial charge in [0.15, 0.2) is 0 Å². The number of carbonyl (C=O) groups excluding carboxylic acids is 2. The SMILES string of the molecule is CS(=O)(=O)Nc1ccccc1-c1ccc(N2CC[C@@H](NC(=O)Nc3ccc(Cl)cc3F)C2=O)c(F)c1. The van der Waals surface area contributed by atoms with Gasteiger partial charge in [-0.25, -0.2) is 22.0 Å². The lowest BCUT2D eigenvalue weighted by molar-refractivity contribution is -0.118. The average molecular weight is 535 g/mol. The van der Waals surface area contributed by atoms with Crippen LogP contribution in [0.5, 0.6) is 0 Å². The van der Waals surface area contributed by atoms with Crippen LogP contribution in [0.15, 0.2) is 60.7 Å². The van der Waals surface area contributed by atoms with Gasteiger partial charge in [0.2, 0.25) is 15.9 Å². The van der Waals surface area contributed by atoms with Gasteiger partial charge in [-0.3, -0.25) is 9.52 Å². The minimum atomic E-state index is -3.55. The largest absolute Gasteiger partial charge is 0.326 e. The molecule has 1 heterocycles. The number of para-hydroxylation sites is 1. The number of nitrogens with zero attached hydrogens (tertiary/aromatic N) is 1. The molecular weight excluding hydrogens is 514 g/mol. The summed E-state index contributed by atoms with van der Waals surface area (Å²) in [6.07, 6.45) is 1.24. The number of nitrogens with one attached hydrogen (secondary N) is 3. The van der Waals surface area contributed by atoms with E-state index in [-0.39, 0.29) is 35.1 Å². The molecule has 1 aliphatic rings. The van der Waals surface area contributed by atoms with Crippen molar-refractivity contribution in [2.75, 3.05) is 27.7 Å². The Morgan fingerprint density at radius 1 is 1.03 bits per heavy atom. The Morgan fingerprint density at radius 2 is 1.78 bits per heavy atom. The van der Waals surface area contributed by atoms with Gasteiger partial charge in [0, 0.05) is 17.1 Å². The second-order valence-corrected chi connectivity index (χ2v) is 10.3. The van der Waals surface area contributed by atoms with Crippen LogP contribution in [-0.4, -0.2) is 39.2 Å². The lowest BCUT2D eigenvalue weighted by Gasteiger charge is -2.19. The first-order valence-electron chi connectivity index (χ1n) is 10.7. The molecule has 8 nitrogen and oxygen atoms in total. The number of sulfonamides is 1. The van der Waals surface area contributed by atoms with E-state index < -0.39 is 39.6 Å². The molecule has 0 radical (unpaired) electrons. The van der Waals surface area contributed by atoms with Crippen LogP contribution < -0.4 is 20.3 Å². The first-order valence-corrected chi connectivity index (χ1v) is 13.0. The Balaban J connectivity index is 1.48. The average Bonchev–Trinajstić information content (AvgIpc) is 3.14. The monoisotopic (exact) mass is 534 g/mol. The lowest BCUT2D eigenvalue weighted by Crippen LogP contribution is -2.43. The van der Waals surface area contributed by atoms with E-state index in [1.807, 2.05) is 0 Å². The minimum Gasteiger partial charge on any atom is -0.326 e. The number of rotatable bonds is 6. The molecule has 1 saturated heterocycles. The van der Waals surface area contributed by atoms with E-state index >= 15 is 4.39 Å². The maximum absolute atomic E-state index is 15.1. The van der Waals surface area contributed by atoms with E-state index in [9.17, 15) is 22.4 Å². The van der Waals surface area contributed by atoms with E-state index in [2.05, 4.69) is 15.4 Å². The van der Waals surface area contributed by atoms with Gasteiger partial charge in [-0.2, -0.15) is 0 Å². The molecule has 0 aliphatic carbocycles. The van der Waals surface area contributed by atoms with Gasteiger partial charge in [0.05, 0.1) is 23.3 Å². The molecule has 0 saturated carbocycles. The molecule has 0 aromatic heterocycles. The normalized spacial score (nSPS) is 15.6. The molecule has 4 rings (SSSR count). The third-order valence-electron chi connectivity index (χ3n) is 5.46. The van der Waals surface area contributed by atoms with Crippen LogP contribution in [0.4, 0.5) is 30.6 Å². The first kappa shape index (κ1) is 25.4. The summed E-state index contributed by atoms with van der Waals surface area (Å²) in [5.74, 6) is -1.94. The molecule has 1 aliphatic heterocycles. The standard InChI is InChI=1S/C24H21ClF2N4O4S/c1-36(34,35)30-19-5-3-2-4-16(19)14-6-9-22(18(27)12-14)31-11-10-21(23(31)32)29-24(33)28-20-8-7-15(25)13-17(20)26/h2-9,12-13,21,30H,10-11H2,1H3,(H2,28,29,33)/t21-/m1/s1. The maximum Gasteiger partial charge on any atom is 0.319 e. The zero-order valence-electron chi connectivity index (χ0n) is 18.9. The van der Waals surface area contributed by atoms with Crippen LogP contribution in [0.2, 0.25) is 5.02 Å². The highest BCUT2D eigenvalue weighted by Crippen LogP contribution is 2.33. The fourth-order valence-electron chi connectivity index (χ4n) is 3.88. The first-order chi connectivity index (χ1) is 17.0. The highest BCUT2D eigenvalue weighted by molar-refractivity contribution is 7.92. The van der Waals surface area contributed by atoms with E-state index in [0.717, 1.165) is 12.3 Å². The van der Waals surface area contributed by atoms with Gasteiger partial charge in [-0.05, 0) is 48.4 Å². The zero-order chi connectivity index (χ0) is 26.0. The fraction of sp³-hybridized carbons (Fsp3) is 0.167. The van der Waals surface area contributed by atoms with Gasteiger partial charge in [0.1, 0.15) is 17.7 Å². The summed E-state index contributed by atoms with van der Waals surface area (Å²) in [5, 5.41) is 4.97. The number of halogens is 3. The smallest absolute Gasteiger partial charge is 0.319 e. The Morgan fingerprint density at radius 3 is 2.47 bits per heavy atom. The molecule has 3 amide bonds. The summed E-state index contributed by atoms with van der Waals surface area (Å²) < 4.78 is 54.7. The van der Waals surface area contributed by atoms with Gasteiger partial charge in [-0.15, -0.1) is 0 Å². The van der Waals surface area contributed by atoms with Crippen LogP contribution in [0.25, 0.3) is 11.1 Å². The van der Waals surface area contributed by atoms with Crippen LogP contribution in [-0.2, 0) is 14.8 Å². The van der Waals surface area contributed by atoms with Gasteiger partial charge >= 0.3 is 6.03 Å². The van der Waals surface area contributed by atoms with Gasteiger partial charge < -0.3 is 15.5 Å². The number of carbonyl (C=O) groups is 2. The van der Waals surface area contributed by atoms with Crippen LogP contribution in [0, 0.1) is 11.6 Å². The summed E-state index contributed by atoms with van der Waals surface area (Å²) in [7, 11) is -3.55. The third-order valence-corrected chi connectivity index (χ3v) is 6.29. The molecule has 36 heavy (non-hydrogen) atoms. The van der Waals surface area contributed by atoms with Crippen molar-refractivity contribution in [3.05, 3.63) is 77.3 Å². The second-order valence-electron chi connectivity index (χ2n) is 8.14. The number of benzene rings is 3. The van der Waals surface area contributed by atoms with Crippen molar-refractivity contribution in [3.8, 4) is 11.1 Å². The summed E-state index contributed by atoms with van der Waals surface area (Å²) in [6, 6.07) is 12.8. The van der Waals surface area contributed by atoms with Crippen LogP contribution in [0.3, 0.4) is 0 Å². The van der Waals surface area contributed by atoms with Crippen molar-refractivity contribution in [1.29, 1.82) is 0 Å². The highest BCUT2D eigenvalue weighted by atomic mass is 35.5. The second kappa shape index (κ2) is 10.1. The molecule has 0 bridgehead atoms. The maximum atomic E-state index is 15.1. The predicted octanol–water partition coefficient (Wildman–Crippen LogP) is 4.58. The minimum absolute atomic E-state index is 0.0192. The summed E-state index contributed by atoms with van der Waals surface area (Å²) >= 11 is 5.70. The van der Waals surface area contributed by atoms with E-state index in [4.69, 9.17) is 11.6 Å². The number of hydrogen-bond donors (Lipinski definition) is 3. The topological polar surface area (TPSA) is 108 Å². The van der Waals surface area contributed by atoms with Crippen molar-refractivity contribution < 1.29 is 26.8 Å². The highest BCUT2D eigenvalue weighted by Gasteiger charge is 2.35. The quantitative estimate of drug-likeness (QED) is 0.430. The molecule has 3 aromatic carbocycles. The predicted molar refractivity (Wildman–Crippen MR) is 135 cm³/mol. The third kappa shape index (κ3) is 5.74. The molecule has 1 fully saturated rings. The van der Waals surface area contributed by atoms with Crippen LogP contribution >= 0.6 is 11.6 Å². The molecule has 0 spiro atoms. The van der Waals surface area contributed by atoms with E-state index in [1.54, 1.807) is 30.3 Å². The van der Waals surface area contributed by atoms with Crippen molar-refractivity contribution in [2.45, 2.75) is 12.5 Å². The fourth-order valence-corrected chi connectivity index (χ4v) is 4.61. The number of urea groups is 1. The van der Waals surface area contributed by atoms with Crippen molar-refractivity contribution in [3.63, 3.8) is 0 Å². The zero-order valence-corrected chi connectivity index (χ0v) is 20.5. The van der Waals surface area contributed by atoms with Gasteiger partial charge in [0.25, 0.3) is 0 Å². The summed E-state index contributed by atoms with van der Waals surface area (Å²) in [4.78, 5) is 26.4. The Bertz CT molecular complexity index is 1450. The molecule has 0 unspecified atom stereocenters. The molecular formula is C24H21ClF2N4O4S. The van der Waals surface area contributed by atoms with Crippen molar-refractivity contribution in [2.24, 2.45) is 0 Å². The van der Waals surface area contributed by atoms with Gasteiger partial charge in [-0.1, -0.05) is 35.9 Å². The number of hydrogen-bond acceptors (Lipinski definition) is 4. The van der Waals surface area contributed by atoms with Crippen molar-refractivity contribution in [1.82, 2.24) is 5.32 Å². The molecule has 3 N–H and O–H groups in total. The lowest BCUT2D eigenvalue weighted by atomic mass is 10.0. The molecule has 3 aromatic rings. The number of anilines is 3. The Labute approximate surface area is 211 Å². The molecule has 188 valence electrons. The Hall–Kier alpha value is -3.70. The molecule has 12 heteroatoms. The number of amides is 3. The van der Waals surface area contributed by atoms with E-state index in [0.29, 0.717) is 11.1 Å². The summed E-state index contributed by atoms with van der Waals surface area (Å²) in [6.45, 7) is 0.154. The van der Waals surface area contributed by atoms with Crippen LogP contribution in [0.1, 0.15) is 6.42 Å². The van der Waals surface area contributed by atoms with E-state index in [1.165, 1.54) is 29.2 Å². The molecule has 1 atom stereocenters.